The molecule has 0 aliphatic carbocycles. The number of hydrogen-bond acceptors (Lipinski definition) is 1. The molecular weight excluding hydrogens is 270 g/mol. The van der Waals surface area contributed by atoms with Crippen LogP contribution in [0.1, 0.15) is 41.9 Å². The number of nitrogens with zero attached hydrogens (tertiary/aromatic N) is 1. The van der Waals surface area contributed by atoms with Gasteiger partial charge in [0.15, 0.2) is 0 Å². The van der Waals surface area contributed by atoms with Gasteiger partial charge in [0.1, 0.15) is 0 Å². The van der Waals surface area contributed by atoms with E-state index in [1.54, 1.807) is 0 Å². The Kier molecular flexibility index (Phi) is 4.57. The Balaban J connectivity index is 1.86. The second-order valence-corrected chi connectivity index (χ2v) is 6.17. The zero-order valence-electron chi connectivity index (χ0n) is 13.2. The van der Waals surface area contributed by atoms with Gasteiger partial charge in [-0.2, -0.15) is 0 Å². The smallest absolute Gasteiger partial charge is 0.223 e. The molecule has 2 aromatic carbocycles. The summed E-state index contributed by atoms with van der Waals surface area (Å²) in [6.07, 6.45) is 2.85. The van der Waals surface area contributed by atoms with Gasteiger partial charge in [-0.1, -0.05) is 60.2 Å². The standard InChI is InChI=1S/C20H23NO/c1-16-9-11-18(12-10-16)19(17-7-3-2-4-8-17)15-20(22)21-13-5-6-14-21/h2-4,7-12,19H,5-6,13-15H2,1H3/t19-/m1/s1. The molecule has 1 saturated heterocycles. The van der Waals surface area contributed by atoms with Crippen LogP contribution in [0.2, 0.25) is 0 Å². The third-order valence-electron chi connectivity index (χ3n) is 4.52. The van der Waals surface area contributed by atoms with Gasteiger partial charge in [-0.3, -0.25) is 4.79 Å². The largest absolute Gasteiger partial charge is 0.343 e. The van der Waals surface area contributed by atoms with E-state index in [1.807, 2.05) is 11.0 Å². The normalized spacial score (nSPS) is 15.8. The highest BCUT2D eigenvalue weighted by Crippen LogP contribution is 2.29. The van der Waals surface area contributed by atoms with E-state index >= 15 is 0 Å². The molecule has 0 saturated carbocycles. The molecule has 1 heterocycles. The monoisotopic (exact) mass is 293 g/mol. The molecular formula is C20H23NO. The maximum atomic E-state index is 12.6. The summed E-state index contributed by atoms with van der Waals surface area (Å²) in [6.45, 7) is 3.94. The average Bonchev–Trinajstić information content (AvgIpc) is 3.09. The molecule has 0 spiro atoms. The van der Waals surface area contributed by atoms with E-state index in [0.717, 1.165) is 25.9 Å². The summed E-state index contributed by atoms with van der Waals surface area (Å²) in [7, 11) is 0. The van der Waals surface area contributed by atoms with E-state index in [9.17, 15) is 4.79 Å². The van der Waals surface area contributed by atoms with Crippen LogP contribution in [-0.2, 0) is 4.79 Å². The van der Waals surface area contributed by atoms with Gasteiger partial charge in [-0.15, -0.1) is 0 Å². The van der Waals surface area contributed by atoms with Crippen molar-refractivity contribution in [3.05, 3.63) is 71.3 Å². The molecule has 0 bridgehead atoms. The van der Waals surface area contributed by atoms with Gasteiger partial charge in [0.2, 0.25) is 5.91 Å². The second-order valence-electron chi connectivity index (χ2n) is 6.17. The minimum atomic E-state index is 0.148. The number of carbonyl (C=O) groups excluding carboxylic acids is 1. The van der Waals surface area contributed by atoms with E-state index in [4.69, 9.17) is 0 Å². The van der Waals surface area contributed by atoms with E-state index in [2.05, 4.69) is 55.5 Å². The van der Waals surface area contributed by atoms with Crippen LogP contribution in [0.25, 0.3) is 0 Å². The van der Waals surface area contributed by atoms with Crippen molar-refractivity contribution in [1.29, 1.82) is 0 Å². The molecule has 0 N–H and O–H groups in total. The first-order valence-electron chi connectivity index (χ1n) is 8.13. The summed E-state index contributed by atoms with van der Waals surface area (Å²) in [4.78, 5) is 14.6. The van der Waals surface area contributed by atoms with E-state index in [-0.39, 0.29) is 11.8 Å². The molecule has 0 radical (unpaired) electrons. The number of likely N-dealkylation sites (tertiary alicyclic amines) is 1. The molecule has 2 heteroatoms. The molecule has 2 aromatic rings. The van der Waals surface area contributed by atoms with Crippen LogP contribution in [0.3, 0.4) is 0 Å². The van der Waals surface area contributed by atoms with Crippen molar-refractivity contribution in [3.8, 4) is 0 Å². The average molecular weight is 293 g/mol. The Morgan fingerprint density at radius 2 is 1.55 bits per heavy atom. The SMILES string of the molecule is Cc1ccc([C@H](CC(=O)N2CCCC2)c2ccccc2)cc1. The van der Waals surface area contributed by atoms with Crippen LogP contribution in [0.15, 0.2) is 54.6 Å². The van der Waals surface area contributed by atoms with Crippen molar-refractivity contribution in [2.45, 2.75) is 32.1 Å². The number of hydrogen-bond donors (Lipinski definition) is 0. The summed E-state index contributed by atoms with van der Waals surface area (Å²) < 4.78 is 0. The van der Waals surface area contributed by atoms with Crippen LogP contribution in [0.5, 0.6) is 0 Å². The first-order valence-corrected chi connectivity index (χ1v) is 8.13. The van der Waals surface area contributed by atoms with E-state index < -0.39 is 0 Å². The van der Waals surface area contributed by atoms with Gasteiger partial charge in [0.05, 0.1) is 0 Å². The van der Waals surface area contributed by atoms with Crippen molar-refractivity contribution < 1.29 is 4.79 Å². The summed E-state index contributed by atoms with van der Waals surface area (Å²) in [5.41, 5.74) is 3.70. The molecule has 1 atom stereocenters. The first-order chi connectivity index (χ1) is 10.7. The molecule has 2 nitrogen and oxygen atoms in total. The summed E-state index contributed by atoms with van der Waals surface area (Å²) in [5.74, 6) is 0.432. The van der Waals surface area contributed by atoms with Gasteiger partial charge in [-0.25, -0.2) is 0 Å². The Morgan fingerprint density at radius 1 is 0.955 bits per heavy atom. The number of rotatable bonds is 4. The van der Waals surface area contributed by atoms with Gasteiger partial charge < -0.3 is 4.90 Å². The highest BCUT2D eigenvalue weighted by molar-refractivity contribution is 5.78. The lowest BCUT2D eigenvalue weighted by molar-refractivity contribution is -0.130. The van der Waals surface area contributed by atoms with Crippen LogP contribution in [0, 0.1) is 6.92 Å². The number of amides is 1. The second kappa shape index (κ2) is 6.78. The Labute approximate surface area is 132 Å². The predicted molar refractivity (Wildman–Crippen MR) is 89.9 cm³/mol. The maximum Gasteiger partial charge on any atom is 0.223 e. The van der Waals surface area contributed by atoms with E-state index in [1.165, 1.54) is 16.7 Å². The summed E-state index contributed by atoms with van der Waals surface area (Å²) in [5, 5.41) is 0. The zero-order valence-corrected chi connectivity index (χ0v) is 13.2. The van der Waals surface area contributed by atoms with Gasteiger partial charge in [0, 0.05) is 25.4 Å². The fourth-order valence-electron chi connectivity index (χ4n) is 3.18. The van der Waals surface area contributed by atoms with Crippen molar-refractivity contribution in [3.63, 3.8) is 0 Å². The zero-order chi connectivity index (χ0) is 15.4. The quantitative estimate of drug-likeness (QED) is 0.829. The highest BCUT2D eigenvalue weighted by Gasteiger charge is 2.23. The summed E-state index contributed by atoms with van der Waals surface area (Å²) in [6, 6.07) is 19.0. The summed E-state index contributed by atoms with van der Waals surface area (Å²) >= 11 is 0. The van der Waals surface area contributed by atoms with Crippen LogP contribution in [0.4, 0.5) is 0 Å². The van der Waals surface area contributed by atoms with Crippen molar-refractivity contribution >= 4 is 5.91 Å². The Bertz CT molecular complexity index is 612. The molecule has 0 aromatic heterocycles. The first kappa shape index (κ1) is 14.8. The van der Waals surface area contributed by atoms with E-state index in [0.29, 0.717) is 6.42 Å². The van der Waals surface area contributed by atoms with Gasteiger partial charge in [-0.05, 0) is 30.9 Å². The predicted octanol–water partition coefficient (Wildman–Crippen LogP) is 4.14. The fraction of sp³-hybridized carbons (Fsp3) is 0.350. The topological polar surface area (TPSA) is 20.3 Å². The minimum Gasteiger partial charge on any atom is -0.343 e. The lowest BCUT2D eigenvalue weighted by Crippen LogP contribution is -2.29. The number of carbonyl (C=O) groups is 1. The fourth-order valence-corrected chi connectivity index (χ4v) is 3.18. The molecule has 114 valence electrons. The molecule has 0 unspecified atom stereocenters. The lowest BCUT2D eigenvalue weighted by atomic mass is 9.88. The van der Waals surface area contributed by atoms with Crippen LogP contribution in [-0.4, -0.2) is 23.9 Å². The Morgan fingerprint density at radius 3 is 2.18 bits per heavy atom. The van der Waals surface area contributed by atoms with Gasteiger partial charge >= 0.3 is 0 Å². The molecule has 1 aliphatic rings. The van der Waals surface area contributed by atoms with Crippen molar-refractivity contribution in [2.75, 3.05) is 13.1 Å². The maximum absolute atomic E-state index is 12.6. The van der Waals surface area contributed by atoms with Crippen molar-refractivity contribution in [2.24, 2.45) is 0 Å². The lowest BCUT2D eigenvalue weighted by Gasteiger charge is -2.22. The van der Waals surface area contributed by atoms with Gasteiger partial charge in [0.25, 0.3) is 0 Å². The molecule has 3 rings (SSSR count). The molecule has 1 fully saturated rings. The minimum absolute atomic E-state index is 0.148. The molecule has 1 amide bonds. The van der Waals surface area contributed by atoms with Crippen LogP contribution >= 0.6 is 0 Å². The third-order valence-corrected chi connectivity index (χ3v) is 4.52. The highest BCUT2D eigenvalue weighted by atomic mass is 16.2. The molecule has 22 heavy (non-hydrogen) atoms. The molecule has 1 aliphatic heterocycles. The van der Waals surface area contributed by atoms with Crippen LogP contribution < -0.4 is 0 Å². The number of aryl methyl sites for hydroxylation is 1. The Hall–Kier alpha value is -2.09. The number of benzene rings is 2. The van der Waals surface area contributed by atoms with Crippen molar-refractivity contribution in [1.82, 2.24) is 4.90 Å². The third kappa shape index (κ3) is 3.38.